The van der Waals surface area contributed by atoms with Crippen molar-refractivity contribution in [2.45, 2.75) is 13.8 Å². The predicted octanol–water partition coefficient (Wildman–Crippen LogP) is 3.77. The van der Waals surface area contributed by atoms with Gasteiger partial charge in [0.05, 0.1) is 11.3 Å². The van der Waals surface area contributed by atoms with Crippen molar-refractivity contribution in [2.24, 2.45) is 0 Å². The Kier molecular flexibility index (Phi) is 5.76. The average Bonchev–Trinajstić information content (AvgIpc) is 3.33. The highest BCUT2D eigenvalue weighted by atomic mass is 16.5. The molecular weight excluding hydrogens is 406 g/mol. The average molecular weight is 427 g/mol. The Morgan fingerprint density at radius 2 is 1.59 bits per heavy atom. The molecule has 0 aliphatic carbocycles. The molecule has 0 saturated carbocycles. The maximum Gasteiger partial charge on any atom is 0.343 e. The minimum Gasteiger partial charge on any atom is -0.423 e. The van der Waals surface area contributed by atoms with Crippen LogP contribution in [0.3, 0.4) is 0 Å². The van der Waals surface area contributed by atoms with Crippen LogP contribution in [0.5, 0.6) is 5.75 Å². The largest absolute Gasteiger partial charge is 0.423 e. The molecule has 32 heavy (non-hydrogen) atoms. The summed E-state index contributed by atoms with van der Waals surface area (Å²) in [6, 6.07) is 19.4. The Morgan fingerprint density at radius 3 is 2.22 bits per heavy atom. The highest BCUT2D eigenvalue weighted by molar-refractivity contribution is 6.05. The molecule has 1 amide bonds. The third kappa shape index (κ3) is 4.39. The second-order valence-electron chi connectivity index (χ2n) is 7.37. The van der Waals surface area contributed by atoms with Crippen LogP contribution in [0.15, 0.2) is 73.1 Å². The van der Waals surface area contributed by atoms with E-state index in [2.05, 4.69) is 15.5 Å². The van der Waals surface area contributed by atoms with E-state index in [4.69, 9.17) is 4.74 Å². The molecule has 0 spiro atoms. The van der Waals surface area contributed by atoms with Crippen LogP contribution in [-0.4, -0.2) is 39.1 Å². The number of benzene rings is 3. The molecule has 3 aromatic carbocycles. The lowest BCUT2D eigenvalue weighted by atomic mass is 10.1. The van der Waals surface area contributed by atoms with Crippen molar-refractivity contribution in [3.63, 3.8) is 0 Å². The SMILES string of the molecule is Cc1ccc(C(=O)N(C)c2ccc(OC(=O)c3ccc(-n4cnnn4)c(C)c3)cc2)cc1. The third-order valence-corrected chi connectivity index (χ3v) is 5.07. The molecule has 1 heterocycles. The van der Waals surface area contributed by atoms with Gasteiger partial charge in [-0.2, -0.15) is 0 Å². The highest BCUT2D eigenvalue weighted by Crippen LogP contribution is 2.22. The number of carbonyl (C=O) groups is 2. The number of esters is 1. The molecule has 0 aliphatic rings. The van der Waals surface area contributed by atoms with E-state index in [9.17, 15) is 9.59 Å². The van der Waals surface area contributed by atoms with Crippen molar-refractivity contribution in [2.75, 3.05) is 11.9 Å². The topological polar surface area (TPSA) is 90.2 Å². The highest BCUT2D eigenvalue weighted by Gasteiger charge is 2.15. The molecule has 0 unspecified atom stereocenters. The van der Waals surface area contributed by atoms with E-state index in [0.717, 1.165) is 16.8 Å². The van der Waals surface area contributed by atoms with Gasteiger partial charge in [-0.05, 0) is 84.4 Å². The Morgan fingerprint density at radius 1 is 0.906 bits per heavy atom. The Balaban J connectivity index is 1.44. The Hall–Kier alpha value is -4.33. The van der Waals surface area contributed by atoms with Gasteiger partial charge in [0.25, 0.3) is 5.91 Å². The first-order chi connectivity index (χ1) is 15.4. The first kappa shape index (κ1) is 20.9. The minimum absolute atomic E-state index is 0.118. The molecule has 0 bridgehead atoms. The maximum atomic E-state index is 12.7. The summed E-state index contributed by atoms with van der Waals surface area (Å²) >= 11 is 0. The molecule has 0 atom stereocenters. The molecule has 0 radical (unpaired) electrons. The second-order valence-corrected chi connectivity index (χ2v) is 7.37. The van der Waals surface area contributed by atoms with Crippen LogP contribution in [0, 0.1) is 13.8 Å². The molecule has 160 valence electrons. The Bertz CT molecular complexity index is 1250. The van der Waals surface area contributed by atoms with Crippen LogP contribution < -0.4 is 9.64 Å². The number of rotatable bonds is 5. The minimum atomic E-state index is -0.479. The second kappa shape index (κ2) is 8.81. The van der Waals surface area contributed by atoms with E-state index in [1.165, 1.54) is 11.0 Å². The number of aryl methyl sites for hydroxylation is 2. The van der Waals surface area contributed by atoms with Gasteiger partial charge in [-0.1, -0.05) is 17.7 Å². The number of hydrogen-bond acceptors (Lipinski definition) is 6. The number of ether oxygens (including phenoxy) is 1. The maximum absolute atomic E-state index is 12.7. The zero-order valence-electron chi connectivity index (χ0n) is 17.9. The number of carbonyl (C=O) groups excluding carboxylic acids is 2. The molecule has 0 fully saturated rings. The first-order valence-electron chi connectivity index (χ1n) is 9.93. The van der Waals surface area contributed by atoms with Crippen molar-refractivity contribution in [3.05, 3.63) is 95.3 Å². The number of amides is 1. The third-order valence-electron chi connectivity index (χ3n) is 5.07. The van der Waals surface area contributed by atoms with Gasteiger partial charge in [0.15, 0.2) is 0 Å². The van der Waals surface area contributed by atoms with Gasteiger partial charge in [-0.25, -0.2) is 9.48 Å². The standard InChI is InChI=1S/C24H21N5O3/c1-16-4-6-18(7-5-16)23(30)28(3)20-9-11-21(12-10-20)32-24(31)19-8-13-22(17(2)14-19)29-15-25-26-27-29/h4-15H,1-3H3. The van der Waals surface area contributed by atoms with Gasteiger partial charge in [0.2, 0.25) is 0 Å². The van der Waals surface area contributed by atoms with E-state index in [1.807, 2.05) is 26.0 Å². The van der Waals surface area contributed by atoms with Gasteiger partial charge in [0, 0.05) is 18.3 Å². The lowest BCUT2D eigenvalue weighted by molar-refractivity contribution is 0.0734. The number of nitrogens with zero attached hydrogens (tertiary/aromatic N) is 5. The van der Waals surface area contributed by atoms with Gasteiger partial charge in [-0.15, -0.1) is 5.10 Å². The first-order valence-corrected chi connectivity index (χ1v) is 9.93. The molecule has 0 N–H and O–H groups in total. The van der Waals surface area contributed by atoms with Crippen LogP contribution in [0.2, 0.25) is 0 Å². The zero-order chi connectivity index (χ0) is 22.7. The van der Waals surface area contributed by atoms with Crippen molar-refractivity contribution in [1.82, 2.24) is 20.2 Å². The summed E-state index contributed by atoms with van der Waals surface area (Å²) in [5, 5.41) is 11.1. The smallest absolute Gasteiger partial charge is 0.343 e. The molecule has 4 aromatic rings. The van der Waals surface area contributed by atoms with Crippen molar-refractivity contribution >= 4 is 17.6 Å². The molecule has 1 aromatic heterocycles. The number of anilines is 1. The quantitative estimate of drug-likeness (QED) is 0.356. The van der Waals surface area contributed by atoms with Gasteiger partial charge in [0.1, 0.15) is 12.1 Å². The van der Waals surface area contributed by atoms with E-state index in [-0.39, 0.29) is 5.91 Å². The molecule has 0 saturated heterocycles. The fourth-order valence-corrected chi connectivity index (χ4v) is 3.22. The molecule has 8 nitrogen and oxygen atoms in total. The van der Waals surface area contributed by atoms with Crippen LogP contribution in [0.25, 0.3) is 5.69 Å². The lowest BCUT2D eigenvalue weighted by Gasteiger charge is -2.18. The summed E-state index contributed by atoms with van der Waals surface area (Å²) in [6.07, 6.45) is 1.49. The molecule has 0 aliphatic heterocycles. The fourth-order valence-electron chi connectivity index (χ4n) is 3.22. The normalized spacial score (nSPS) is 10.6. The summed E-state index contributed by atoms with van der Waals surface area (Å²) in [6.45, 7) is 3.84. The summed E-state index contributed by atoms with van der Waals surface area (Å²) in [4.78, 5) is 26.8. The summed E-state index contributed by atoms with van der Waals surface area (Å²) in [7, 11) is 1.71. The molecule has 4 rings (SSSR count). The van der Waals surface area contributed by atoms with E-state index < -0.39 is 5.97 Å². The monoisotopic (exact) mass is 427 g/mol. The molecule has 8 heteroatoms. The predicted molar refractivity (Wildman–Crippen MR) is 119 cm³/mol. The number of hydrogen-bond donors (Lipinski definition) is 0. The van der Waals surface area contributed by atoms with Crippen LogP contribution in [-0.2, 0) is 0 Å². The van der Waals surface area contributed by atoms with Gasteiger partial charge in [-0.3, -0.25) is 4.79 Å². The summed E-state index contributed by atoms with van der Waals surface area (Å²) in [5.41, 5.74) is 4.41. The van der Waals surface area contributed by atoms with E-state index >= 15 is 0 Å². The van der Waals surface area contributed by atoms with Crippen LogP contribution >= 0.6 is 0 Å². The summed E-state index contributed by atoms with van der Waals surface area (Å²) in [5.74, 6) is -0.210. The van der Waals surface area contributed by atoms with E-state index in [0.29, 0.717) is 22.6 Å². The number of tetrazole rings is 1. The summed E-state index contributed by atoms with van der Waals surface area (Å²) < 4.78 is 7.01. The van der Waals surface area contributed by atoms with E-state index in [1.54, 1.807) is 66.5 Å². The van der Waals surface area contributed by atoms with Crippen LogP contribution in [0.4, 0.5) is 5.69 Å². The van der Waals surface area contributed by atoms with Crippen molar-refractivity contribution in [3.8, 4) is 11.4 Å². The lowest BCUT2D eigenvalue weighted by Crippen LogP contribution is -2.26. The Labute approximate surface area is 185 Å². The van der Waals surface area contributed by atoms with Gasteiger partial charge < -0.3 is 9.64 Å². The molecular formula is C24H21N5O3. The van der Waals surface area contributed by atoms with Crippen molar-refractivity contribution < 1.29 is 14.3 Å². The van der Waals surface area contributed by atoms with Gasteiger partial charge >= 0.3 is 5.97 Å². The van der Waals surface area contributed by atoms with Crippen molar-refractivity contribution in [1.29, 1.82) is 0 Å². The number of aromatic nitrogens is 4. The fraction of sp³-hybridized carbons (Fsp3) is 0.125. The zero-order valence-corrected chi connectivity index (χ0v) is 17.9. The van der Waals surface area contributed by atoms with Crippen LogP contribution in [0.1, 0.15) is 31.8 Å².